The molecule has 2 aromatic rings. The molecule has 1 fully saturated rings. The summed E-state index contributed by atoms with van der Waals surface area (Å²) in [5.74, 6) is -1.45. The molecule has 132 valence electrons. The van der Waals surface area contributed by atoms with Gasteiger partial charge in [-0.1, -0.05) is 47.1 Å². The lowest BCUT2D eigenvalue weighted by Crippen LogP contribution is -2.44. The van der Waals surface area contributed by atoms with E-state index in [0.717, 1.165) is 16.8 Å². The maximum Gasteiger partial charge on any atom is 0.285 e. The Morgan fingerprint density at radius 1 is 1.19 bits per heavy atom. The molecule has 4 nitrogen and oxygen atoms in total. The Morgan fingerprint density at radius 3 is 2.54 bits per heavy atom. The number of thiocarbonyl (C=S) groups is 1. The highest BCUT2D eigenvalue weighted by atomic mass is 35.5. The van der Waals surface area contributed by atoms with Crippen LogP contribution in [0.15, 0.2) is 47.4 Å². The summed E-state index contributed by atoms with van der Waals surface area (Å²) in [6.07, 6.45) is 1.57. The Bertz CT molecular complexity index is 948. The third kappa shape index (κ3) is 4.07. The fourth-order valence-corrected chi connectivity index (χ4v) is 3.78. The van der Waals surface area contributed by atoms with E-state index in [1.165, 1.54) is 42.5 Å². The van der Waals surface area contributed by atoms with Crippen LogP contribution >= 0.6 is 47.2 Å². The number of thioether (sulfide) groups is 1. The van der Waals surface area contributed by atoms with Gasteiger partial charge in [-0.3, -0.25) is 15.0 Å². The van der Waals surface area contributed by atoms with Gasteiger partial charge in [0.15, 0.2) is 4.32 Å². The minimum absolute atomic E-state index is 0.155. The number of nitrogens with one attached hydrogen (secondary N) is 1. The van der Waals surface area contributed by atoms with E-state index in [1.54, 1.807) is 6.08 Å². The third-order valence-electron chi connectivity index (χ3n) is 3.35. The van der Waals surface area contributed by atoms with Crippen molar-refractivity contribution in [2.24, 2.45) is 0 Å². The van der Waals surface area contributed by atoms with Crippen LogP contribution in [0.25, 0.3) is 6.08 Å². The fourth-order valence-electron chi connectivity index (χ4n) is 2.11. The van der Waals surface area contributed by atoms with Gasteiger partial charge in [-0.15, -0.1) is 0 Å². The Morgan fingerprint density at radius 2 is 1.88 bits per heavy atom. The average molecular weight is 427 g/mol. The lowest BCUT2D eigenvalue weighted by molar-refractivity contribution is -0.123. The van der Waals surface area contributed by atoms with Gasteiger partial charge in [0.25, 0.3) is 11.8 Å². The number of nitrogens with zero attached hydrogens (tertiary/aromatic N) is 1. The molecule has 26 heavy (non-hydrogen) atoms. The summed E-state index contributed by atoms with van der Waals surface area (Å²) in [6.45, 7) is 0. The normalized spacial score (nSPS) is 15.7. The van der Waals surface area contributed by atoms with Crippen LogP contribution in [-0.4, -0.2) is 21.1 Å². The van der Waals surface area contributed by atoms with Crippen molar-refractivity contribution >= 4 is 69.4 Å². The van der Waals surface area contributed by atoms with Crippen LogP contribution in [0.3, 0.4) is 0 Å². The van der Waals surface area contributed by atoms with E-state index >= 15 is 0 Å². The van der Waals surface area contributed by atoms with Crippen LogP contribution in [0.5, 0.6) is 0 Å². The van der Waals surface area contributed by atoms with Crippen LogP contribution < -0.4 is 5.43 Å². The second-order valence-electron chi connectivity index (χ2n) is 5.13. The minimum atomic E-state index is -0.592. The van der Waals surface area contributed by atoms with Gasteiger partial charge in [-0.25, -0.2) is 4.39 Å². The first-order valence-corrected chi connectivity index (χ1v) is 9.13. The summed E-state index contributed by atoms with van der Waals surface area (Å²) in [5.41, 5.74) is 3.23. The van der Waals surface area contributed by atoms with Crippen LogP contribution in [0.2, 0.25) is 10.0 Å². The van der Waals surface area contributed by atoms with Crippen molar-refractivity contribution in [3.63, 3.8) is 0 Å². The summed E-state index contributed by atoms with van der Waals surface area (Å²) in [6, 6.07) is 10.0. The molecular weight excluding hydrogens is 418 g/mol. The molecule has 1 N–H and O–H groups in total. The van der Waals surface area contributed by atoms with E-state index in [9.17, 15) is 14.0 Å². The van der Waals surface area contributed by atoms with Crippen LogP contribution in [0, 0.1) is 5.82 Å². The van der Waals surface area contributed by atoms with E-state index in [2.05, 4.69) is 5.43 Å². The van der Waals surface area contributed by atoms with E-state index < -0.39 is 11.8 Å². The lowest BCUT2D eigenvalue weighted by atomic mass is 10.2. The molecule has 1 saturated heterocycles. The van der Waals surface area contributed by atoms with Gasteiger partial charge in [0.05, 0.1) is 15.5 Å². The van der Waals surface area contributed by atoms with Crippen molar-refractivity contribution in [3.05, 3.63) is 74.4 Å². The summed E-state index contributed by atoms with van der Waals surface area (Å²) in [5, 5.41) is 1.52. The molecule has 1 heterocycles. The largest absolute Gasteiger partial charge is 0.285 e. The zero-order valence-electron chi connectivity index (χ0n) is 12.8. The highest BCUT2D eigenvalue weighted by molar-refractivity contribution is 8.26. The first-order chi connectivity index (χ1) is 12.3. The first kappa shape index (κ1) is 18.8. The first-order valence-electron chi connectivity index (χ1n) is 7.15. The van der Waals surface area contributed by atoms with Crippen molar-refractivity contribution in [1.82, 2.24) is 10.4 Å². The second kappa shape index (κ2) is 7.75. The molecule has 2 amide bonds. The van der Waals surface area contributed by atoms with Gasteiger partial charge < -0.3 is 0 Å². The average Bonchev–Trinajstić information content (AvgIpc) is 2.84. The van der Waals surface area contributed by atoms with Crippen LogP contribution in [0.4, 0.5) is 4.39 Å². The summed E-state index contributed by atoms with van der Waals surface area (Å²) in [7, 11) is 0. The highest BCUT2D eigenvalue weighted by Crippen LogP contribution is 2.31. The van der Waals surface area contributed by atoms with Gasteiger partial charge in [0, 0.05) is 5.02 Å². The number of carbonyl (C=O) groups excluding carboxylic acids is 2. The third-order valence-corrected chi connectivity index (χ3v) is 5.20. The maximum absolute atomic E-state index is 13.0. The van der Waals surface area contributed by atoms with Gasteiger partial charge in [0.2, 0.25) is 0 Å². The molecule has 3 rings (SSSR count). The summed E-state index contributed by atoms with van der Waals surface area (Å²) >= 11 is 18.0. The van der Waals surface area contributed by atoms with E-state index in [1.807, 2.05) is 0 Å². The van der Waals surface area contributed by atoms with Crippen molar-refractivity contribution in [2.45, 2.75) is 0 Å². The smallest absolute Gasteiger partial charge is 0.267 e. The fraction of sp³-hybridized carbons (Fsp3) is 0. The molecule has 0 unspecified atom stereocenters. The number of amides is 2. The molecule has 0 bridgehead atoms. The Hall–Kier alpha value is -1.93. The summed E-state index contributed by atoms with van der Waals surface area (Å²) in [4.78, 5) is 25.2. The molecule has 0 spiro atoms. The predicted molar refractivity (Wildman–Crippen MR) is 105 cm³/mol. The SMILES string of the molecule is O=C(NN1C(=O)C(=Cc2ccc(F)cc2)SC1=S)c1ccc(Cl)cc1Cl. The maximum atomic E-state index is 13.0. The number of hydrogen-bond acceptors (Lipinski definition) is 4. The van der Waals surface area contributed by atoms with Gasteiger partial charge in [0.1, 0.15) is 5.82 Å². The number of hydrazine groups is 1. The number of benzene rings is 2. The number of halogens is 3. The monoisotopic (exact) mass is 426 g/mol. The van der Waals surface area contributed by atoms with E-state index in [0.29, 0.717) is 15.5 Å². The summed E-state index contributed by atoms with van der Waals surface area (Å²) < 4.78 is 13.1. The number of hydrogen-bond donors (Lipinski definition) is 1. The highest BCUT2D eigenvalue weighted by Gasteiger charge is 2.34. The Balaban J connectivity index is 1.78. The topological polar surface area (TPSA) is 49.4 Å². The number of carbonyl (C=O) groups is 2. The number of rotatable bonds is 3. The zero-order chi connectivity index (χ0) is 18.8. The van der Waals surface area contributed by atoms with Crippen LogP contribution in [-0.2, 0) is 4.79 Å². The van der Waals surface area contributed by atoms with Gasteiger partial charge >= 0.3 is 0 Å². The van der Waals surface area contributed by atoms with Gasteiger partial charge in [-0.2, -0.15) is 5.01 Å². The van der Waals surface area contributed by atoms with E-state index in [4.69, 9.17) is 35.4 Å². The molecule has 0 atom stereocenters. The van der Waals surface area contributed by atoms with Crippen molar-refractivity contribution in [2.75, 3.05) is 0 Å². The van der Waals surface area contributed by atoms with Crippen molar-refractivity contribution < 1.29 is 14.0 Å². The molecule has 0 radical (unpaired) electrons. The molecule has 0 aliphatic carbocycles. The van der Waals surface area contributed by atoms with Crippen molar-refractivity contribution in [3.8, 4) is 0 Å². The minimum Gasteiger partial charge on any atom is -0.267 e. The molecule has 0 saturated carbocycles. The molecule has 2 aromatic carbocycles. The molecule has 9 heteroatoms. The molecule has 1 aliphatic heterocycles. The molecular formula is C17H9Cl2FN2O2S2. The van der Waals surface area contributed by atoms with Crippen LogP contribution in [0.1, 0.15) is 15.9 Å². The Labute approximate surface area is 167 Å². The zero-order valence-corrected chi connectivity index (χ0v) is 16.0. The standard InChI is InChI=1S/C17H9Cl2FN2O2S2/c18-10-3-6-12(13(19)8-10)15(23)21-22-16(24)14(26-17(22)25)7-9-1-4-11(20)5-2-9/h1-8H,(H,21,23). The Kier molecular flexibility index (Phi) is 5.62. The predicted octanol–water partition coefficient (Wildman–Crippen LogP) is 4.68. The lowest BCUT2D eigenvalue weighted by Gasteiger charge is -2.16. The molecule has 1 aliphatic rings. The second-order valence-corrected chi connectivity index (χ2v) is 7.65. The van der Waals surface area contributed by atoms with Crippen molar-refractivity contribution in [1.29, 1.82) is 0 Å². The van der Waals surface area contributed by atoms with Gasteiger partial charge in [-0.05, 0) is 54.2 Å². The van der Waals surface area contributed by atoms with E-state index in [-0.39, 0.29) is 20.7 Å². The molecule has 0 aromatic heterocycles. The quantitative estimate of drug-likeness (QED) is 0.571.